The van der Waals surface area contributed by atoms with E-state index in [-0.39, 0.29) is 5.69 Å². The summed E-state index contributed by atoms with van der Waals surface area (Å²) >= 11 is 3.16. The Morgan fingerprint density at radius 3 is 2.43 bits per heavy atom. The van der Waals surface area contributed by atoms with Gasteiger partial charge in [-0.2, -0.15) is 0 Å². The average molecular weight is 262 g/mol. The van der Waals surface area contributed by atoms with Crippen LogP contribution in [0.4, 0.5) is 5.69 Å². The average Bonchev–Trinajstić information content (AvgIpc) is 2.16. The van der Waals surface area contributed by atoms with Crippen molar-refractivity contribution in [1.82, 2.24) is 0 Å². The van der Waals surface area contributed by atoms with Crippen LogP contribution in [0, 0.1) is 10.1 Å². The van der Waals surface area contributed by atoms with Crippen LogP contribution in [0.3, 0.4) is 0 Å². The summed E-state index contributed by atoms with van der Waals surface area (Å²) in [6, 6.07) is 2.67. The van der Waals surface area contributed by atoms with Crippen molar-refractivity contribution in [1.29, 1.82) is 0 Å². The molecule has 6 heteroatoms. The van der Waals surface area contributed by atoms with Crippen molar-refractivity contribution >= 4 is 21.6 Å². The number of hydrogen-bond acceptors (Lipinski definition) is 4. The molecule has 0 fully saturated rings. The predicted octanol–water partition coefficient (Wildman–Crippen LogP) is 2.37. The topological polar surface area (TPSA) is 61.6 Å². The fourth-order valence-corrected chi connectivity index (χ4v) is 1.60. The minimum Gasteiger partial charge on any atom is -0.493 e. The number of nitro groups is 1. The Bertz CT molecular complexity index is 367. The zero-order valence-electron chi connectivity index (χ0n) is 7.61. The standard InChI is InChI=1S/C8H8BrNO4/c1-13-7-4-5(10(11)12)3-6(9)8(7)14-2/h3-4H,1-2H3. The van der Waals surface area contributed by atoms with Gasteiger partial charge in [0.05, 0.1) is 29.7 Å². The number of ether oxygens (including phenoxy) is 2. The van der Waals surface area contributed by atoms with E-state index in [9.17, 15) is 10.1 Å². The zero-order chi connectivity index (χ0) is 10.7. The second-order valence-corrected chi connectivity index (χ2v) is 3.27. The molecule has 0 radical (unpaired) electrons. The van der Waals surface area contributed by atoms with Gasteiger partial charge in [0.1, 0.15) is 0 Å². The predicted molar refractivity (Wildman–Crippen MR) is 53.9 cm³/mol. The smallest absolute Gasteiger partial charge is 0.274 e. The number of rotatable bonds is 3. The molecule has 1 rings (SSSR count). The molecule has 0 aromatic heterocycles. The maximum atomic E-state index is 10.5. The molecule has 76 valence electrons. The Labute approximate surface area is 88.9 Å². The Balaban J connectivity index is 3.31. The van der Waals surface area contributed by atoms with Gasteiger partial charge in [-0.25, -0.2) is 0 Å². The van der Waals surface area contributed by atoms with E-state index in [2.05, 4.69) is 15.9 Å². The summed E-state index contributed by atoms with van der Waals surface area (Å²) < 4.78 is 10.4. The van der Waals surface area contributed by atoms with Crippen LogP contribution in [-0.2, 0) is 0 Å². The molecule has 0 atom stereocenters. The number of nitro benzene ring substituents is 1. The van der Waals surface area contributed by atoms with E-state index in [4.69, 9.17) is 9.47 Å². The van der Waals surface area contributed by atoms with Crippen LogP contribution in [-0.4, -0.2) is 19.1 Å². The van der Waals surface area contributed by atoms with Crippen LogP contribution < -0.4 is 9.47 Å². The number of methoxy groups -OCH3 is 2. The summed E-state index contributed by atoms with van der Waals surface area (Å²) in [5.74, 6) is 0.770. The summed E-state index contributed by atoms with van der Waals surface area (Å²) in [6.07, 6.45) is 0. The molecule has 0 bridgehead atoms. The largest absolute Gasteiger partial charge is 0.493 e. The van der Waals surface area contributed by atoms with Gasteiger partial charge in [0.15, 0.2) is 11.5 Å². The van der Waals surface area contributed by atoms with Gasteiger partial charge in [-0.3, -0.25) is 10.1 Å². The van der Waals surface area contributed by atoms with Gasteiger partial charge in [0.25, 0.3) is 5.69 Å². The SMILES string of the molecule is COc1cc([N+](=O)[O-])cc(Br)c1OC. The molecule has 0 N–H and O–H groups in total. The maximum Gasteiger partial charge on any atom is 0.274 e. The molecule has 0 saturated heterocycles. The van der Waals surface area contributed by atoms with E-state index >= 15 is 0 Å². The van der Waals surface area contributed by atoms with Gasteiger partial charge in [0, 0.05) is 6.07 Å². The fraction of sp³-hybridized carbons (Fsp3) is 0.250. The van der Waals surface area contributed by atoms with Gasteiger partial charge in [-0.05, 0) is 15.9 Å². The third kappa shape index (κ3) is 1.95. The van der Waals surface area contributed by atoms with Gasteiger partial charge in [-0.15, -0.1) is 0 Å². The summed E-state index contributed by atoms with van der Waals surface area (Å²) in [6.45, 7) is 0. The first-order chi connectivity index (χ1) is 6.60. The first kappa shape index (κ1) is 10.8. The van der Waals surface area contributed by atoms with Crippen LogP contribution in [0.15, 0.2) is 16.6 Å². The van der Waals surface area contributed by atoms with E-state index < -0.39 is 4.92 Å². The quantitative estimate of drug-likeness (QED) is 0.619. The van der Waals surface area contributed by atoms with Crippen LogP contribution >= 0.6 is 15.9 Å². The number of halogens is 1. The molecule has 1 aromatic carbocycles. The monoisotopic (exact) mass is 261 g/mol. The highest BCUT2D eigenvalue weighted by atomic mass is 79.9. The second-order valence-electron chi connectivity index (χ2n) is 2.42. The van der Waals surface area contributed by atoms with E-state index in [0.29, 0.717) is 16.0 Å². The highest BCUT2D eigenvalue weighted by Crippen LogP contribution is 2.38. The van der Waals surface area contributed by atoms with Crippen molar-refractivity contribution in [3.63, 3.8) is 0 Å². The van der Waals surface area contributed by atoms with Crippen molar-refractivity contribution < 1.29 is 14.4 Å². The van der Waals surface area contributed by atoms with Crippen molar-refractivity contribution in [3.8, 4) is 11.5 Å². The third-order valence-corrected chi connectivity index (χ3v) is 2.22. The summed E-state index contributed by atoms with van der Waals surface area (Å²) in [7, 11) is 2.89. The molecular formula is C8H8BrNO4. The van der Waals surface area contributed by atoms with Crippen LogP contribution in [0.25, 0.3) is 0 Å². The first-order valence-corrected chi connectivity index (χ1v) is 4.45. The highest BCUT2D eigenvalue weighted by molar-refractivity contribution is 9.10. The first-order valence-electron chi connectivity index (χ1n) is 3.66. The van der Waals surface area contributed by atoms with Gasteiger partial charge < -0.3 is 9.47 Å². The molecule has 0 saturated carbocycles. The summed E-state index contributed by atoms with van der Waals surface area (Å²) in [5.41, 5.74) is -0.0467. The molecule has 0 heterocycles. The van der Waals surface area contributed by atoms with E-state index in [1.807, 2.05) is 0 Å². The van der Waals surface area contributed by atoms with E-state index in [0.717, 1.165) is 0 Å². The minimum atomic E-state index is -0.493. The lowest BCUT2D eigenvalue weighted by atomic mass is 10.3. The van der Waals surface area contributed by atoms with Crippen LogP contribution in [0.5, 0.6) is 11.5 Å². The molecule has 14 heavy (non-hydrogen) atoms. The number of non-ortho nitro benzene ring substituents is 1. The van der Waals surface area contributed by atoms with Crippen LogP contribution in [0.1, 0.15) is 0 Å². The number of benzene rings is 1. The van der Waals surface area contributed by atoms with Crippen molar-refractivity contribution in [2.45, 2.75) is 0 Å². The molecule has 0 aliphatic carbocycles. The van der Waals surface area contributed by atoms with E-state index in [1.54, 1.807) is 0 Å². The molecule has 1 aromatic rings. The van der Waals surface area contributed by atoms with E-state index in [1.165, 1.54) is 26.4 Å². The lowest BCUT2D eigenvalue weighted by Crippen LogP contribution is -1.94. The van der Waals surface area contributed by atoms with Crippen LogP contribution in [0.2, 0.25) is 0 Å². The van der Waals surface area contributed by atoms with Gasteiger partial charge in [-0.1, -0.05) is 0 Å². The molecular weight excluding hydrogens is 254 g/mol. The molecule has 0 spiro atoms. The highest BCUT2D eigenvalue weighted by Gasteiger charge is 2.16. The molecule has 0 aliphatic rings. The fourth-order valence-electron chi connectivity index (χ4n) is 1.01. The Kier molecular flexibility index (Phi) is 3.29. The lowest BCUT2D eigenvalue weighted by Gasteiger charge is -2.08. The second kappa shape index (κ2) is 4.28. The molecule has 5 nitrogen and oxygen atoms in total. The molecule has 0 unspecified atom stereocenters. The number of nitrogens with zero attached hydrogens (tertiary/aromatic N) is 1. The van der Waals surface area contributed by atoms with Gasteiger partial charge >= 0.3 is 0 Å². The zero-order valence-corrected chi connectivity index (χ0v) is 9.20. The summed E-state index contributed by atoms with van der Waals surface area (Å²) in [4.78, 5) is 10.0. The Morgan fingerprint density at radius 1 is 1.36 bits per heavy atom. The molecule has 0 aliphatic heterocycles. The third-order valence-electron chi connectivity index (χ3n) is 1.63. The minimum absolute atomic E-state index is 0.0467. The lowest BCUT2D eigenvalue weighted by molar-refractivity contribution is -0.385. The molecule has 0 amide bonds. The van der Waals surface area contributed by atoms with Crippen molar-refractivity contribution in [2.75, 3.05) is 14.2 Å². The Morgan fingerprint density at radius 2 is 2.00 bits per heavy atom. The number of hydrogen-bond donors (Lipinski definition) is 0. The summed E-state index contributed by atoms with van der Waals surface area (Å²) in [5, 5.41) is 10.5. The normalized spacial score (nSPS) is 9.64. The van der Waals surface area contributed by atoms with Gasteiger partial charge in [0.2, 0.25) is 0 Å². The Hall–Kier alpha value is -1.30. The van der Waals surface area contributed by atoms with Crippen molar-refractivity contribution in [3.05, 3.63) is 26.7 Å². The van der Waals surface area contributed by atoms with Crippen molar-refractivity contribution in [2.24, 2.45) is 0 Å². The maximum absolute atomic E-state index is 10.5.